The van der Waals surface area contributed by atoms with Gasteiger partial charge in [0.2, 0.25) is 0 Å². The minimum absolute atomic E-state index is 0.786. The van der Waals surface area contributed by atoms with Crippen LogP contribution in [0.4, 0.5) is 0 Å². The molecular formula is C42H46O2. The van der Waals surface area contributed by atoms with Crippen LogP contribution in [0.3, 0.4) is 0 Å². The van der Waals surface area contributed by atoms with Gasteiger partial charge in [0.05, 0.1) is 13.2 Å². The van der Waals surface area contributed by atoms with Crippen molar-refractivity contribution >= 4 is 0 Å². The molecule has 0 saturated carbocycles. The van der Waals surface area contributed by atoms with Crippen LogP contribution in [0.2, 0.25) is 0 Å². The van der Waals surface area contributed by atoms with E-state index in [0.717, 1.165) is 59.8 Å². The molecule has 0 bridgehead atoms. The third-order valence-electron chi connectivity index (χ3n) is 7.65. The molecule has 0 aliphatic heterocycles. The third kappa shape index (κ3) is 11.4. The molecule has 44 heavy (non-hydrogen) atoms. The highest BCUT2D eigenvalue weighted by Crippen LogP contribution is 2.24. The summed E-state index contributed by atoms with van der Waals surface area (Å²) in [6.07, 6.45) is 12.5. The highest BCUT2D eigenvalue weighted by Gasteiger charge is 2.01. The van der Waals surface area contributed by atoms with E-state index in [4.69, 9.17) is 9.47 Å². The normalized spacial score (nSPS) is 10.3. The molecular weight excluding hydrogens is 536 g/mol. The summed E-state index contributed by atoms with van der Waals surface area (Å²) in [5, 5.41) is 0. The van der Waals surface area contributed by atoms with E-state index in [1.165, 1.54) is 62.5 Å². The van der Waals surface area contributed by atoms with Crippen LogP contribution < -0.4 is 9.47 Å². The van der Waals surface area contributed by atoms with Gasteiger partial charge >= 0.3 is 0 Å². The first-order chi connectivity index (χ1) is 21.7. The average molecular weight is 583 g/mol. The molecule has 0 aromatic heterocycles. The van der Waals surface area contributed by atoms with Crippen LogP contribution in [-0.2, 0) is 0 Å². The topological polar surface area (TPSA) is 18.5 Å². The summed E-state index contributed by atoms with van der Waals surface area (Å²) in [7, 11) is 0. The standard InChI is InChI=1S/C42H46O2/c1-3-5-7-9-13-33-43-41-29-25-39(26-30-41)37-21-17-35(18-22-37)15-11-12-16-36-19-23-38(24-20-36)40-27-31-42(32-28-40)44-34-14-10-8-6-4-2/h17-32H,3-10,13-14,33-34H2,1-2H3. The Morgan fingerprint density at radius 3 is 1.05 bits per heavy atom. The van der Waals surface area contributed by atoms with Gasteiger partial charge in [-0.25, -0.2) is 0 Å². The molecule has 0 N–H and O–H groups in total. The highest BCUT2D eigenvalue weighted by molar-refractivity contribution is 5.66. The minimum Gasteiger partial charge on any atom is -0.494 e. The van der Waals surface area contributed by atoms with Gasteiger partial charge in [-0.05, 0) is 95.5 Å². The molecule has 0 radical (unpaired) electrons. The molecule has 4 aromatic carbocycles. The predicted octanol–water partition coefficient (Wildman–Crippen LogP) is 11.1. The molecule has 4 aromatic rings. The molecule has 0 amide bonds. The van der Waals surface area contributed by atoms with E-state index in [1.807, 2.05) is 24.3 Å². The maximum absolute atomic E-state index is 5.90. The van der Waals surface area contributed by atoms with Crippen LogP contribution in [0.15, 0.2) is 97.1 Å². The van der Waals surface area contributed by atoms with Crippen molar-refractivity contribution in [3.63, 3.8) is 0 Å². The monoisotopic (exact) mass is 582 g/mol. The molecule has 0 heterocycles. The van der Waals surface area contributed by atoms with E-state index in [0.29, 0.717) is 0 Å². The second-order valence-electron chi connectivity index (χ2n) is 11.2. The Morgan fingerprint density at radius 2 is 0.705 bits per heavy atom. The molecule has 0 aliphatic rings. The average Bonchev–Trinajstić information content (AvgIpc) is 3.07. The molecule has 0 saturated heterocycles. The number of ether oxygens (including phenoxy) is 2. The van der Waals surface area contributed by atoms with Crippen LogP contribution in [0.5, 0.6) is 11.5 Å². The van der Waals surface area contributed by atoms with Crippen molar-refractivity contribution in [3.8, 4) is 57.4 Å². The number of benzene rings is 4. The fraction of sp³-hybridized carbons (Fsp3) is 0.333. The molecule has 0 fully saturated rings. The van der Waals surface area contributed by atoms with Gasteiger partial charge in [0.25, 0.3) is 0 Å². The van der Waals surface area contributed by atoms with Crippen molar-refractivity contribution < 1.29 is 9.47 Å². The molecule has 226 valence electrons. The zero-order valence-electron chi connectivity index (χ0n) is 26.5. The van der Waals surface area contributed by atoms with Crippen molar-refractivity contribution in [3.05, 3.63) is 108 Å². The molecule has 4 rings (SSSR count). The van der Waals surface area contributed by atoms with Gasteiger partial charge in [0, 0.05) is 11.1 Å². The van der Waals surface area contributed by atoms with Gasteiger partial charge in [-0.15, -0.1) is 0 Å². The number of hydrogen-bond acceptors (Lipinski definition) is 2. The predicted molar refractivity (Wildman–Crippen MR) is 186 cm³/mol. The fourth-order valence-electron chi connectivity index (χ4n) is 4.98. The lowest BCUT2D eigenvalue weighted by molar-refractivity contribution is 0.304. The molecule has 2 heteroatoms. The second kappa shape index (κ2) is 19.0. The van der Waals surface area contributed by atoms with Crippen molar-refractivity contribution in [2.75, 3.05) is 13.2 Å². The summed E-state index contributed by atoms with van der Waals surface area (Å²) < 4.78 is 11.8. The second-order valence-corrected chi connectivity index (χ2v) is 11.2. The van der Waals surface area contributed by atoms with Gasteiger partial charge in [0.15, 0.2) is 0 Å². The Labute approximate surface area is 265 Å². The summed E-state index contributed by atoms with van der Waals surface area (Å²) in [5.41, 5.74) is 6.55. The lowest BCUT2D eigenvalue weighted by Gasteiger charge is -2.07. The SMILES string of the molecule is CCCCCCCOc1ccc(-c2ccc(C#CC#Cc3ccc(-c4ccc(OCCCCCCC)cc4)cc3)cc2)cc1. The molecule has 0 spiro atoms. The van der Waals surface area contributed by atoms with Crippen LogP contribution in [0, 0.1) is 23.7 Å². The Kier molecular flexibility index (Phi) is 14.0. The smallest absolute Gasteiger partial charge is 0.119 e. The van der Waals surface area contributed by atoms with Crippen molar-refractivity contribution in [1.29, 1.82) is 0 Å². The maximum atomic E-state index is 5.90. The summed E-state index contributed by atoms with van der Waals surface area (Å²) >= 11 is 0. The van der Waals surface area contributed by atoms with Crippen molar-refractivity contribution in [2.24, 2.45) is 0 Å². The Balaban J connectivity index is 1.22. The molecule has 0 aliphatic carbocycles. The maximum Gasteiger partial charge on any atom is 0.119 e. The van der Waals surface area contributed by atoms with Crippen LogP contribution in [0.25, 0.3) is 22.3 Å². The molecule has 0 unspecified atom stereocenters. The van der Waals surface area contributed by atoms with Gasteiger partial charge in [-0.2, -0.15) is 0 Å². The quantitative estimate of drug-likeness (QED) is 0.0966. The highest BCUT2D eigenvalue weighted by atomic mass is 16.5. The first-order valence-electron chi connectivity index (χ1n) is 16.4. The zero-order valence-corrected chi connectivity index (χ0v) is 26.5. The number of unbranched alkanes of at least 4 members (excludes halogenated alkanes) is 8. The van der Waals surface area contributed by atoms with E-state index < -0.39 is 0 Å². The molecule has 0 atom stereocenters. The zero-order chi connectivity index (χ0) is 30.7. The first-order valence-corrected chi connectivity index (χ1v) is 16.4. The first kappa shape index (κ1) is 32.5. The summed E-state index contributed by atoms with van der Waals surface area (Å²) in [6, 6.07) is 33.3. The van der Waals surface area contributed by atoms with Crippen molar-refractivity contribution in [2.45, 2.75) is 78.1 Å². The summed E-state index contributed by atoms with van der Waals surface area (Å²) in [6.45, 7) is 6.05. The Bertz CT molecular complexity index is 1370. The van der Waals surface area contributed by atoms with Crippen molar-refractivity contribution in [1.82, 2.24) is 0 Å². The number of rotatable bonds is 16. The van der Waals surface area contributed by atoms with Gasteiger partial charge in [-0.3, -0.25) is 0 Å². The third-order valence-corrected chi connectivity index (χ3v) is 7.65. The fourth-order valence-corrected chi connectivity index (χ4v) is 4.98. The van der Waals surface area contributed by atoms with E-state index >= 15 is 0 Å². The van der Waals surface area contributed by atoms with Crippen LogP contribution in [-0.4, -0.2) is 13.2 Å². The van der Waals surface area contributed by atoms with Crippen LogP contribution >= 0.6 is 0 Å². The van der Waals surface area contributed by atoms with E-state index in [-0.39, 0.29) is 0 Å². The minimum atomic E-state index is 0.786. The lowest BCUT2D eigenvalue weighted by Crippen LogP contribution is -1.97. The Hall–Kier alpha value is -4.40. The summed E-state index contributed by atoms with van der Waals surface area (Å²) in [5.74, 6) is 14.2. The van der Waals surface area contributed by atoms with E-state index in [9.17, 15) is 0 Å². The summed E-state index contributed by atoms with van der Waals surface area (Å²) in [4.78, 5) is 0. The Morgan fingerprint density at radius 1 is 0.386 bits per heavy atom. The molecule has 2 nitrogen and oxygen atoms in total. The number of hydrogen-bond donors (Lipinski definition) is 0. The van der Waals surface area contributed by atoms with E-state index in [2.05, 4.69) is 110 Å². The van der Waals surface area contributed by atoms with Crippen LogP contribution in [0.1, 0.15) is 89.2 Å². The van der Waals surface area contributed by atoms with E-state index in [1.54, 1.807) is 0 Å². The van der Waals surface area contributed by atoms with Gasteiger partial charge in [0.1, 0.15) is 11.5 Å². The lowest BCUT2D eigenvalue weighted by atomic mass is 10.0. The van der Waals surface area contributed by atoms with Gasteiger partial charge in [-0.1, -0.05) is 126 Å². The largest absolute Gasteiger partial charge is 0.494 e. The van der Waals surface area contributed by atoms with Gasteiger partial charge < -0.3 is 9.47 Å².